The molecule has 0 spiro atoms. The Hall–Kier alpha value is -1.38. The summed E-state index contributed by atoms with van der Waals surface area (Å²) in [5, 5.41) is 17.2. The van der Waals surface area contributed by atoms with Crippen LogP contribution < -0.4 is 9.47 Å². The van der Waals surface area contributed by atoms with Gasteiger partial charge in [-0.3, -0.25) is 0 Å². The summed E-state index contributed by atoms with van der Waals surface area (Å²) < 4.78 is 26.8. The third kappa shape index (κ3) is 10.1. The summed E-state index contributed by atoms with van der Waals surface area (Å²) in [4.78, 5) is 0. The van der Waals surface area contributed by atoms with Crippen LogP contribution in [0.4, 0.5) is 0 Å². The maximum atomic E-state index is 8.61. The normalized spacial score (nSPS) is 10.7. The number of aliphatic hydroxyl groups excluding tert-OH is 2. The molecule has 0 unspecified atom stereocenters. The van der Waals surface area contributed by atoms with Gasteiger partial charge in [-0.15, -0.1) is 0 Å². The molecule has 1 rings (SSSR count). The quantitative estimate of drug-likeness (QED) is 0.452. The summed E-state index contributed by atoms with van der Waals surface area (Å²) in [6, 6.07) is 7.39. The fourth-order valence-corrected chi connectivity index (χ4v) is 1.66. The first kappa shape index (κ1) is 19.7. The number of ether oxygens (including phenoxy) is 5. The largest absolute Gasteiger partial charge is 0.487 e. The standard InChI is InChI=1S/C16H26O7/c17-5-7-19-9-10-21-12-14-23-16-4-2-1-3-15(16)22-13-11-20-8-6-18/h1-4,17-18H,5-14H2. The highest BCUT2D eigenvalue weighted by Crippen LogP contribution is 2.26. The van der Waals surface area contributed by atoms with Gasteiger partial charge in [0, 0.05) is 0 Å². The zero-order valence-corrected chi connectivity index (χ0v) is 13.3. The maximum Gasteiger partial charge on any atom is 0.161 e. The second-order valence-electron chi connectivity index (χ2n) is 4.43. The molecule has 0 radical (unpaired) electrons. The van der Waals surface area contributed by atoms with Crippen molar-refractivity contribution in [3.63, 3.8) is 0 Å². The first-order chi connectivity index (χ1) is 11.4. The first-order valence-electron chi connectivity index (χ1n) is 7.68. The zero-order valence-electron chi connectivity index (χ0n) is 13.3. The van der Waals surface area contributed by atoms with Gasteiger partial charge in [0.05, 0.1) is 52.9 Å². The van der Waals surface area contributed by atoms with E-state index in [1.165, 1.54) is 0 Å². The molecule has 0 saturated carbocycles. The molecule has 2 N–H and O–H groups in total. The van der Waals surface area contributed by atoms with E-state index in [0.29, 0.717) is 64.4 Å². The van der Waals surface area contributed by atoms with E-state index in [1.807, 2.05) is 24.3 Å². The van der Waals surface area contributed by atoms with E-state index in [2.05, 4.69) is 0 Å². The summed E-state index contributed by atoms with van der Waals surface area (Å²) in [5.41, 5.74) is 0. The van der Waals surface area contributed by atoms with Gasteiger partial charge in [-0.1, -0.05) is 12.1 Å². The van der Waals surface area contributed by atoms with E-state index < -0.39 is 0 Å². The van der Waals surface area contributed by atoms with Gasteiger partial charge in [0.15, 0.2) is 11.5 Å². The molecule has 0 bridgehead atoms. The third-order valence-corrected chi connectivity index (χ3v) is 2.66. The van der Waals surface area contributed by atoms with Crippen molar-refractivity contribution in [2.45, 2.75) is 0 Å². The first-order valence-corrected chi connectivity index (χ1v) is 7.68. The molecule has 0 atom stereocenters. The molecule has 7 nitrogen and oxygen atoms in total. The highest BCUT2D eigenvalue weighted by molar-refractivity contribution is 5.39. The Morgan fingerprint density at radius 2 is 0.957 bits per heavy atom. The van der Waals surface area contributed by atoms with Crippen molar-refractivity contribution >= 4 is 0 Å². The van der Waals surface area contributed by atoms with Crippen LogP contribution in [-0.2, 0) is 14.2 Å². The third-order valence-electron chi connectivity index (χ3n) is 2.66. The Morgan fingerprint density at radius 3 is 1.39 bits per heavy atom. The highest BCUT2D eigenvalue weighted by atomic mass is 16.6. The molecule has 0 saturated heterocycles. The van der Waals surface area contributed by atoms with Crippen LogP contribution in [-0.4, -0.2) is 76.3 Å². The monoisotopic (exact) mass is 330 g/mol. The Balaban J connectivity index is 2.15. The Kier molecular flexibility index (Phi) is 12.2. The number of rotatable bonds is 15. The molecule has 0 aromatic heterocycles. The van der Waals surface area contributed by atoms with Crippen LogP contribution in [0.25, 0.3) is 0 Å². The van der Waals surface area contributed by atoms with Crippen molar-refractivity contribution in [1.29, 1.82) is 0 Å². The highest BCUT2D eigenvalue weighted by Gasteiger charge is 2.04. The minimum absolute atomic E-state index is 0.00470. The summed E-state index contributed by atoms with van der Waals surface area (Å²) in [7, 11) is 0. The fourth-order valence-electron chi connectivity index (χ4n) is 1.66. The second kappa shape index (κ2) is 14.2. The fraction of sp³-hybridized carbons (Fsp3) is 0.625. The SMILES string of the molecule is OCCOCCOCCOc1ccccc1OCCOCCO. The number of para-hydroxylation sites is 2. The Bertz CT molecular complexity index is 386. The number of hydrogen-bond acceptors (Lipinski definition) is 7. The molecule has 0 aliphatic rings. The van der Waals surface area contributed by atoms with Gasteiger partial charge in [0.1, 0.15) is 13.2 Å². The van der Waals surface area contributed by atoms with Gasteiger partial charge in [-0.05, 0) is 12.1 Å². The van der Waals surface area contributed by atoms with E-state index in [-0.39, 0.29) is 13.2 Å². The average Bonchev–Trinajstić information content (AvgIpc) is 2.58. The van der Waals surface area contributed by atoms with E-state index >= 15 is 0 Å². The van der Waals surface area contributed by atoms with Gasteiger partial charge >= 0.3 is 0 Å². The van der Waals surface area contributed by atoms with Crippen LogP contribution in [0, 0.1) is 0 Å². The van der Waals surface area contributed by atoms with E-state index in [0.717, 1.165) is 0 Å². The average molecular weight is 330 g/mol. The van der Waals surface area contributed by atoms with E-state index in [9.17, 15) is 0 Å². The summed E-state index contributed by atoms with van der Waals surface area (Å²) in [5.74, 6) is 1.29. The van der Waals surface area contributed by atoms with Crippen molar-refractivity contribution < 1.29 is 33.9 Å². The predicted molar refractivity (Wildman–Crippen MR) is 84.1 cm³/mol. The van der Waals surface area contributed by atoms with Crippen molar-refractivity contribution in [2.24, 2.45) is 0 Å². The van der Waals surface area contributed by atoms with Crippen molar-refractivity contribution in [1.82, 2.24) is 0 Å². The van der Waals surface area contributed by atoms with Crippen LogP contribution in [0.1, 0.15) is 0 Å². The number of aliphatic hydroxyl groups is 2. The lowest BCUT2D eigenvalue weighted by molar-refractivity contribution is 0.0243. The molecule has 1 aromatic rings. The molecule has 0 aliphatic heterocycles. The van der Waals surface area contributed by atoms with Gasteiger partial charge < -0.3 is 33.9 Å². The molecule has 0 fully saturated rings. The van der Waals surface area contributed by atoms with Gasteiger partial charge in [-0.2, -0.15) is 0 Å². The van der Waals surface area contributed by atoms with Crippen molar-refractivity contribution in [3.8, 4) is 11.5 Å². The lowest BCUT2D eigenvalue weighted by atomic mass is 10.3. The Labute approximate surface area is 136 Å². The van der Waals surface area contributed by atoms with Crippen molar-refractivity contribution in [2.75, 3.05) is 66.1 Å². The smallest absolute Gasteiger partial charge is 0.161 e. The number of benzene rings is 1. The van der Waals surface area contributed by atoms with E-state index in [1.54, 1.807) is 0 Å². The lowest BCUT2D eigenvalue weighted by Crippen LogP contribution is -2.13. The van der Waals surface area contributed by atoms with Gasteiger partial charge in [0.2, 0.25) is 0 Å². The molecular weight excluding hydrogens is 304 g/mol. The van der Waals surface area contributed by atoms with Gasteiger partial charge in [0.25, 0.3) is 0 Å². The topological polar surface area (TPSA) is 86.6 Å². The maximum absolute atomic E-state index is 8.61. The van der Waals surface area contributed by atoms with Crippen LogP contribution in [0.3, 0.4) is 0 Å². The van der Waals surface area contributed by atoms with E-state index in [4.69, 9.17) is 33.9 Å². The zero-order chi connectivity index (χ0) is 16.6. The van der Waals surface area contributed by atoms with Gasteiger partial charge in [-0.25, -0.2) is 0 Å². The predicted octanol–water partition coefficient (Wildman–Crippen LogP) is 0.479. The molecular formula is C16H26O7. The molecule has 0 amide bonds. The van der Waals surface area contributed by atoms with Crippen LogP contribution in [0.2, 0.25) is 0 Å². The molecule has 23 heavy (non-hydrogen) atoms. The molecule has 7 heteroatoms. The number of hydrogen-bond donors (Lipinski definition) is 2. The van der Waals surface area contributed by atoms with Crippen LogP contribution in [0.15, 0.2) is 24.3 Å². The summed E-state index contributed by atoms with van der Waals surface area (Å²) >= 11 is 0. The lowest BCUT2D eigenvalue weighted by Gasteiger charge is -2.13. The van der Waals surface area contributed by atoms with Crippen molar-refractivity contribution in [3.05, 3.63) is 24.3 Å². The Morgan fingerprint density at radius 1 is 0.565 bits per heavy atom. The summed E-state index contributed by atoms with van der Waals surface area (Å²) in [6.07, 6.45) is 0. The minimum atomic E-state index is 0.00470. The second-order valence-corrected chi connectivity index (χ2v) is 4.43. The minimum Gasteiger partial charge on any atom is -0.487 e. The molecule has 0 heterocycles. The molecule has 132 valence electrons. The van der Waals surface area contributed by atoms with Crippen LogP contribution >= 0.6 is 0 Å². The molecule has 0 aliphatic carbocycles. The molecule has 1 aromatic carbocycles. The van der Waals surface area contributed by atoms with Crippen LogP contribution in [0.5, 0.6) is 11.5 Å². The summed E-state index contributed by atoms with van der Waals surface area (Å²) in [6.45, 7) is 3.21.